The van der Waals surface area contributed by atoms with Crippen molar-refractivity contribution < 1.29 is 14.6 Å². The monoisotopic (exact) mass is 390 g/mol. The first kappa shape index (κ1) is 20.4. The van der Waals surface area contributed by atoms with Gasteiger partial charge in [-0.2, -0.15) is 0 Å². The van der Waals surface area contributed by atoms with E-state index in [0.717, 1.165) is 41.7 Å². The number of carboxylic acid groups (broad SMARTS) is 1. The molecule has 5 nitrogen and oxygen atoms in total. The molecule has 0 radical (unpaired) electrons. The Hall–Kier alpha value is -3.31. The van der Waals surface area contributed by atoms with Crippen molar-refractivity contribution >= 4 is 11.8 Å². The molecule has 5 heteroatoms. The first-order valence-corrected chi connectivity index (χ1v) is 9.76. The fourth-order valence-corrected chi connectivity index (χ4v) is 3.22. The van der Waals surface area contributed by atoms with Crippen LogP contribution in [0.2, 0.25) is 0 Å². The third-order valence-electron chi connectivity index (χ3n) is 4.65. The van der Waals surface area contributed by atoms with Crippen LogP contribution in [0.25, 0.3) is 11.1 Å². The number of amides is 1. The molecule has 3 rings (SSSR count). The van der Waals surface area contributed by atoms with Crippen LogP contribution >= 0.6 is 0 Å². The summed E-state index contributed by atoms with van der Waals surface area (Å²) < 4.78 is 5.81. The van der Waals surface area contributed by atoms with Crippen molar-refractivity contribution in [1.29, 1.82) is 0 Å². The van der Waals surface area contributed by atoms with Crippen LogP contribution in [0.1, 0.15) is 17.5 Å². The molecular weight excluding hydrogens is 364 g/mol. The zero-order valence-corrected chi connectivity index (χ0v) is 16.3. The second-order valence-corrected chi connectivity index (χ2v) is 6.81. The molecule has 1 amide bonds. The summed E-state index contributed by atoms with van der Waals surface area (Å²) in [6, 6.07) is 23.7. The molecule has 0 atom stereocenters. The third kappa shape index (κ3) is 6.09. The molecule has 4 N–H and O–H groups in total. The maximum absolute atomic E-state index is 11.2. The zero-order valence-electron chi connectivity index (χ0n) is 16.3. The van der Waals surface area contributed by atoms with Crippen molar-refractivity contribution in [2.75, 3.05) is 18.5 Å². The SMILES string of the molecule is NCCc1ccc(OCCCc2ccc(-c3ccccc3)c(NC(=O)O)c2)cc1. The second-order valence-electron chi connectivity index (χ2n) is 6.81. The van der Waals surface area contributed by atoms with Gasteiger partial charge in [0, 0.05) is 5.56 Å². The molecule has 3 aromatic rings. The number of anilines is 1. The van der Waals surface area contributed by atoms with Gasteiger partial charge in [-0.1, -0.05) is 54.6 Å². The van der Waals surface area contributed by atoms with Gasteiger partial charge < -0.3 is 15.6 Å². The molecule has 0 fully saturated rings. The van der Waals surface area contributed by atoms with Crippen molar-refractivity contribution in [1.82, 2.24) is 0 Å². The highest BCUT2D eigenvalue weighted by atomic mass is 16.5. The average Bonchev–Trinajstić information content (AvgIpc) is 2.73. The van der Waals surface area contributed by atoms with Gasteiger partial charge in [0.15, 0.2) is 0 Å². The lowest BCUT2D eigenvalue weighted by Gasteiger charge is -2.12. The number of nitrogens with two attached hydrogens (primary N) is 1. The van der Waals surface area contributed by atoms with Crippen LogP contribution in [0, 0.1) is 0 Å². The maximum Gasteiger partial charge on any atom is 0.409 e. The summed E-state index contributed by atoms with van der Waals surface area (Å²) in [5.74, 6) is 0.846. The van der Waals surface area contributed by atoms with Crippen LogP contribution in [0.15, 0.2) is 72.8 Å². The highest BCUT2D eigenvalue weighted by Gasteiger charge is 2.09. The summed E-state index contributed by atoms with van der Waals surface area (Å²) in [7, 11) is 0. The predicted molar refractivity (Wildman–Crippen MR) is 117 cm³/mol. The number of rotatable bonds is 9. The minimum atomic E-state index is -1.07. The minimum absolute atomic E-state index is 0.595. The van der Waals surface area contributed by atoms with E-state index in [1.165, 1.54) is 5.56 Å². The Morgan fingerprint density at radius 3 is 2.34 bits per heavy atom. The van der Waals surface area contributed by atoms with Gasteiger partial charge in [-0.3, -0.25) is 5.32 Å². The second kappa shape index (κ2) is 10.3. The number of aryl methyl sites for hydroxylation is 1. The quantitative estimate of drug-likeness (QED) is 0.451. The smallest absolute Gasteiger partial charge is 0.409 e. The number of hydrogen-bond acceptors (Lipinski definition) is 3. The van der Waals surface area contributed by atoms with Crippen LogP contribution in [0.5, 0.6) is 5.75 Å². The number of nitrogens with one attached hydrogen (secondary N) is 1. The van der Waals surface area contributed by atoms with E-state index in [2.05, 4.69) is 5.32 Å². The highest BCUT2D eigenvalue weighted by Crippen LogP contribution is 2.29. The van der Waals surface area contributed by atoms with E-state index >= 15 is 0 Å². The molecule has 0 heterocycles. The van der Waals surface area contributed by atoms with Crippen LogP contribution in [0.3, 0.4) is 0 Å². The Morgan fingerprint density at radius 1 is 0.931 bits per heavy atom. The number of benzene rings is 3. The van der Waals surface area contributed by atoms with E-state index in [0.29, 0.717) is 18.8 Å². The Balaban J connectivity index is 1.60. The summed E-state index contributed by atoms with van der Waals surface area (Å²) in [6.45, 7) is 1.24. The Morgan fingerprint density at radius 2 is 1.66 bits per heavy atom. The lowest BCUT2D eigenvalue weighted by atomic mass is 10.00. The molecule has 0 spiro atoms. The van der Waals surface area contributed by atoms with Gasteiger partial charge >= 0.3 is 6.09 Å². The largest absolute Gasteiger partial charge is 0.494 e. The Bertz CT molecular complexity index is 925. The van der Waals surface area contributed by atoms with Gasteiger partial charge in [0.05, 0.1) is 12.3 Å². The molecule has 29 heavy (non-hydrogen) atoms. The lowest BCUT2D eigenvalue weighted by Crippen LogP contribution is -2.09. The molecule has 0 aliphatic rings. The van der Waals surface area contributed by atoms with Gasteiger partial charge in [-0.15, -0.1) is 0 Å². The lowest BCUT2D eigenvalue weighted by molar-refractivity contribution is 0.210. The van der Waals surface area contributed by atoms with Crippen molar-refractivity contribution in [2.24, 2.45) is 5.73 Å². The first-order valence-electron chi connectivity index (χ1n) is 9.76. The van der Waals surface area contributed by atoms with Crippen molar-refractivity contribution in [3.8, 4) is 16.9 Å². The molecule has 0 aliphatic carbocycles. The van der Waals surface area contributed by atoms with Crippen LogP contribution in [-0.2, 0) is 12.8 Å². The number of ether oxygens (including phenoxy) is 1. The topological polar surface area (TPSA) is 84.6 Å². The van der Waals surface area contributed by atoms with E-state index < -0.39 is 6.09 Å². The molecule has 0 saturated heterocycles. The summed E-state index contributed by atoms with van der Waals surface area (Å²) in [5, 5.41) is 11.7. The van der Waals surface area contributed by atoms with E-state index in [1.807, 2.05) is 72.8 Å². The van der Waals surface area contributed by atoms with Gasteiger partial charge in [0.25, 0.3) is 0 Å². The van der Waals surface area contributed by atoms with Crippen LogP contribution in [0.4, 0.5) is 10.5 Å². The molecule has 0 aromatic heterocycles. The molecule has 0 aliphatic heterocycles. The first-order chi connectivity index (χ1) is 14.2. The fourth-order valence-electron chi connectivity index (χ4n) is 3.22. The summed E-state index contributed by atoms with van der Waals surface area (Å²) >= 11 is 0. The molecule has 0 saturated carbocycles. The van der Waals surface area contributed by atoms with Gasteiger partial charge in [-0.05, 0) is 60.7 Å². The van der Waals surface area contributed by atoms with Gasteiger partial charge in [0.1, 0.15) is 5.75 Å². The highest BCUT2D eigenvalue weighted by molar-refractivity contribution is 5.90. The van der Waals surface area contributed by atoms with Crippen molar-refractivity contribution in [3.63, 3.8) is 0 Å². The summed E-state index contributed by atoms with van der Waals surface area (Å²) in [6.07, 6.45) is 1.43. The molecule has 0 unspecified atom stereocenters. The van der Waals surface area contributed by atoms with Crippen LogP contribution in [-0.4, -0.2) is 24.4 Å². The Labute approximate surface area is 171 Å². The molecule has 150 valence electrons. The number of carbonyl (C=O) groups is 1. The van der Waals surface area contributed by atoms with Crippen molar-refractivity contribution in [2.45, 2.75) is 19.3 Å². The third-order valence-corrected chi connectivity index (χ3v) is 4.65. The minimum Gasteiger partial charge on any atom is -0.494 e. The summed E-state index contributed by atoms with van der Waals surface area (Å²) in [5.41, 5.74) is 10.3. The zero-order chi connectivity index (χ0) is 20.5. The van der Waals surface area contributed by atoms with E-state index in [1.54, 1.807) is 0 Å². The average molecular weight is 390 g/mol. The van der Waals surface area contributed by atoms with Gasteiger partial charge in [0.2, 0.25) is 0 Å². The number of hydrogen-bond donors (Lipinski definition) is 3. The summed E-state index contributed by atoms with van der Waals surface area (Å²) in [4.78, 5) is 11.2. The van der Waals surface area contributed by atoms with Crippen molar-refractivity contribution in [3.05, 3.63) is 83.9 Å². The molecule has 3 aromatic carbocycles. The molecule has 0 bridgehead atoms. The molecular formula is C24H26N2O3. The Kier molecular flexibility index (Phi) is 7.25. The van der Waals surface area contributed by atoms with E-state index in [-0.39, 0.29) is 0 Å². The fraction of sp³-hybridized carbons (Fsp3) is 0.208. The van der Waals surface area contributed by atoms with Crippen LogP contribution < -0.4 is 15.8 Å². The standard InChI is InChI=1S/C24H26N2O3/c25-15-14-18-8-11-21(12-9-18)29-16-4-5-19-10-13-22(20-6-2-1-3-7-20)23(17-19)26-24(27)28/h1-3,6-13,17,26H,4-5,14-16,25H2,(H,27,28). The maximum atomic E-state index is 11.2. The van der Waals surface area contributed by atoms with E-state index in [4.69, 9.17) is 10.5 Å². The predicted octanol–water partition coefficient (Wildman–Crippen LogP) is 4.96. The van der Waals surface area contributed by atoms with Gasteiger partial charge in [-0.25, -0.2) is 4.79 Å². The normalized spacial score (nSPS) is 10.5. The van der Waals surface area contributed by atoms with E-state index in [9.17, 15) is 9.90 Å².